The van der Waals surface area contributed by atoms with E-state index in [-0.39, 0.29) is 5.78 Å². The minimum absolute atomic E-state index is 0.302. The minimum atomic E-state index is -0.464. The average Bonchev–Trinajstić information content (AvgIpc) is 3.49. The highest BCUT2D eigenvalue weighted by atomic mass is 16.5. The molecule has 32 heavy (non-hydrogen) atoms. The molecule has 0 saturated carbocycles. The first-order chi connectivity index (χ1) is 15.7. The average molecular weight is 431 g/mol. The van der Waals surface area contributed by atoms with E-state index >= 15 is 0 Å². The van der Waals surface area contributed by atoms with Gasteiger partial charge in [-0.25, -0.2) is 0 Å². The molecule has 2 aromatic carbocycles. The number of ether oxygens (including phenoxy) is 1. The third kappa shape index (κ3) is 5.75. The standard InChI is InChI=1S/C26H26N2O4/c29-17-22(30)8-7-19-3-5-20(6-4-19)15-27-12-11-21-16-28-26-10-9-23(14-25(21)26)32-18-24-2-1-13-31-24/h1-10,13-14,16,27-29H,11-12,15,17-18H2/b8-7+. The van der Waals surface area contributed by atoms with Crippen molar-refractivity contribution in [2.45, 2.75) is 19.6 Å². The van der Waals surface area contributed by atoms with Crippen LogP contribution in [-0.2, 0) is 24.4 Å². The van der Waals surface area contributed by atoms with Gasteiger partial charge in [0.2, 0.25) is 0 Å². The van der Waals surface area contributed by atoms with Crippen molar-refractivity contribution in [3.63, 3.8) is 0 Å². The summed E-state index contributed by atoms with van der Waals surface area (Å²) in [6.07, 6.45) is 7.69. The Hall–Kier alpha value is -3.61. The number of rotatable bonds is 11. The Balaban J connectivity index is 1.28. The second kappa shape index (κ2) is 10.6. The zero-order chi connectivity index (χ0) is 22.2. The Kier molecular flexibility index (Phi) is 7.17. The van der Waals surface area contributed by atoms with Gasteiger partial charge in [0.1, 0.15) is 24.7 Å². The highest BCUT2D eigenvalue weighted by molar-refractivity contribution is 5.94. The van der Waals surface area contributed by atoms with Crippen LogP contribution in [0, 0.1) is 0 Å². The van der Waals surface area contributed by atoms with E-state index in [4.69, 9.17) is 14.3 Å². The molecule has 0 atom stereocenters. The van der Waals surface area contributed by atoms with Gasteiger partial charge in [-0.05, 0) is 66.1 Å². The van der Waals surface area contributed by atoms with Crippen molar-refractivity contribution >= 4 is 22.8 Å². The zero-order valence-corrected chi connectivity index (χ0v) is 17.7. The summed E-state index contributed by atoms with van der Waals surface area (Å²) in [5.41, 5.74) is 4.43. The Morgan fingerprint density at radius 3 is 2.81 bits per heavy atom. The van der Waals surface area contributed by atoms with Crippen LogP contribution >= 0.6 is 0 Å². The Labute approximate surface area is 186 Å². The molecule has 0 aliphatic heterocycles. The summed E-state index contributed by atoms with van der Waals surface area (Å²) in [7, 11) is 0. The van der Waals surface area contributed by atoms with E-state index in [0.717, 1.165) is 47.5 Å². The van der Waals surface area contributed by atoms with E-state index in [1.807, 2.05) is 48.5 Å². The van der Waals surface area contributed by atoms with Crippen molar-refractivity contribution in [2.75, 3.05) is 13.2 Å². The van der Waals surface area contributed by atoms with Crippen molar-refractivity contribution in [1.29, 1.82) is 0 Å². The molecule has 3 N–H and O–H groups in total. The summed E-state index contributed by atoms with van der Waals surface area (Å²) in [5.74, 6) is 1.31. The molecular weight excluding hydrogens is 404 g/mol. The molecule has 0 saturated heterocycles. The van der Waals surface area contributed by atoms with Gasteiger partial charge in [-0.1, -0.05) is 30.3 Å². The molecule has 2 aromatic heterocycles. The van der Waals surface area contributed by atoms with Gasteiger partial charge < -0.3 is 24.6 Å². The Morgan fingerprint density at radius 2 is 2.03 bits per heavy atom. The van der Waals surface area contributed by atoms with Crippen molar-refractivity contribution < 1.29 is 19.1 Å². The van der Waals surface area contributed by atoms with E-state index in [1.54, 1.807) is 12.3 Å². The maximum absolute atomic E-state index is 11.1. The number of aromatic nitrogens is 1. The maximum atomic E-state index is 11.1. The van der Waals surface area contributed by atoms with Gasteiger partial charge in [-0.15, -0.1) is 0 Å². The summed E-state index contributed by atoms with van der Waals surface area (Å²) >= 11 is 0. The number of ketones is 1. The van der Waals surface area contributed by atoms with Crippen LogP contribution in [0.3, 0.4) is 0 Å². The number of hydrogen-bond donors (Lipinski definition) is 3. The molecule has 0 bridgehead atoms. The predicted octanol–water partition coefficient (Wildman–Crippen LogP) is 4.25. The topological polar surface area (TPSA) is 87.5 Å². The maximum Gasteiger partial charge on any atom is 0.181 e. The molecular formula is C26H26N2O4. The first-order valence-corrected chi connectivity index (χ1v) is 10.6. The van der Waals surface area contributed by atoms with Crippen LogP contribution < -0.4 is 10.1 Å². The fourth-order valence-corrected chi connectivity index (χ4v) is 3.45. The number of hydrogen-bond acceptors (Lipinski definition) is 5. The highest BCUT2D eigenvalue weighted by Crippen LogP contribution is 2.24. The fourth-order valence-electron chi connectivity index (χ4n) is 3.45. The Bertz CT molecular complexity index is 1170. The van der Waals surface area contributed by atoms with Crippen LogP contribution in [0.25, 0.3) is 17.0 Å². The lowest BCUT2D eigenvalue weighted by Gasteiger charge is -2.07. The number of aromatic amines is 1. The van der Waals surface area contributed by atoms with Gasteiger partial charge in [0.25, 0.3) is 0 Å². The van der Waals surface area contributed by atoms with Gasteiger partial charge in [-0.3, -0.25) is 4.79 Å². The quantitative estimate of drug-likeness (QED) is 0.245. The number of carbonyl (C=O) groups is 1. The summed E-state index contributed by atoms with van der Waals surface area (Å²) in [5, 5.41) is 13.4. The number of aliphatic hydroxyl groups excluding tert-OH is 1. The number of aliphatic hydroxyl groups is 1. The third-order valence-electron chi connectivity index (χ3n) is 5.20. The second-order valence-corrected chi connectivity index (χ2v) is 7.52. The smallest absolute Gasteiger partial charge is 0.181 e. The summed E-state index contributed by atoms with van der Waals surface area (Å²) in [6.45, 7) is 1.55. The number of fused-ring (bicyclic) bond motifs is 1. The first kappa shape index (κ1) is 21.6. The van der Waals surface area contributed by atoms with Crippen LogP contribution in [0.5, 0.6) is 5.75 Å². The van der Waals surface area contributed by atoms with Crippen LogP contribution in [0.1, 0.15) is 22.5 Å². The number of H-pyrrole nitrogens is 1. The van der Waals surface area contributed by atoms with Crippen LogP contribution in [-0.4, -0.2) is 29.0 Å². The lowest BCUT2D eigenvalue weighted by molar-refractivity contribution is -0.117. The third-order valence-corrected chi connectivity index (χ3v) is 5.20. The largest absolute Gasteiger partial charge is 0.486 e. The zero-order valence-electron chi connectivity index (χ0n) is 17.7. The SMILES string of the molecule is O=C(/C=C/c1ccc(CNCCc2c[nH]c3ccc(OCc4ccco4)cc23)cc1)CO. The number of carbonyl (C=O) groups excluding carboxylic acids is 1. The molecule has 4 rings (SSSR count). The number of benzene rings is 2. The van der Waals surface area contributed by atoms with Gasteiger partial charge in [0.05, 0.1) is 6.26 Å². The summed E-state index contributed by atoms with van der Waals surface area (Å²) in [6, 6.07) is 17.8. The summed E-state index contributed by atoms with van der Waals surface area (Å²) < 4.78 is 11.2. The lowest BCUT2D eigenvalue weighted by atomic mass is 10.1. The second-order valence-electron chi connectivity index (χ2n) is 7.52. The summed E-state index contributed by atoms with van der Waals surface area (Å²) in [4.78, 5) is 14.5. The van der Waals surface area contributed by atoms with Crippen LogP contribution in [0.4, 0.5) is 0 Å². The van der Waals surface area contributed by atoms with Crippen molar-refractivity contribution in [2.24, 2.45) is 0 Å². The van der Waals surface area contributed by atoms with Crippen molar-refractivity contribution in [3.8, 4) is 5.75 Å². The molecule has 0 amide bonds. The number of furan rings is 1. The lowest BCUT2D eigenvalue weighted by Crippen LogP contribution is -2.16. The fraction of sp³-hybridized carbons (Fsp3) is 0.192. The van der Waals surface area contributed by atoms with Gasteiger partial charge in [-0.2, -0.15) is 0 Å². The van der Waals surface area contributed by atoms with Gasteiger partial charge in [0.15, 0.2) is 5.78 Å². The molecule has 0 radical (unpaired) electrons. The molecule has 0 spiro atoms. The molecule has 0 aliphatic rings. The van der Waals surface area contributed by atoms with Crippen molar-refractivity contribution in [1.82, 2.24) is 10.3 Å². The number of nitrogens with one attached hydrogen (secondary N) is 2. The van der Waals surface area contributed by atoms with Crippen LogP contribution in [0.2, 0.25) is 0 Å². The molecule has 6 nitrogen and oxygen atoms in total. The first-order valence-electron chi connectivity index (χ1n) is 10.6. The van der Waals surface area contributed by atoms with E-state index in [2.05, 4.69) is 22.6 Å². The molecule has 0 unspecified atom stereocenters. The molecule has 0 fully saturated rings. The van der Waals surface area contributed by atoms with E-state index < -0.39 is 6.61 Å². The van der Waals surface area contributed by atoms with E-state index in [1.165, 1.54) is 17.2 Å². The molecule has 2 heterocycles. The monoisotopic (exact) mass is 430 g/mol. The van der Waals surface area contributed by atoms with E-state index in [0.29, 0.717) is 6.61 Å². The molecule has 6 heteroatoms. The highest BCUT2D eigenvalue weighted by Gasteiger charge is 2.06. The molecule has 0 aliphatic carbocycles. The Morgan fingerprint density at radius 1 is 1.16 bits per heavy atom. The molecule has 4 aromatic rings. The van der Waals surface area contributed by atoms with Gasteiger partial charge in [0, 0.05) is 23.6 Å². The minimum Gasteiger partial charge on any atom is -0.486 e. The van der Waals surface area contributed by atoms with Crippen molar-refractivity contribution in [3.05, 3.63) is 95.6 Å². The molecule has 164 valence electrons. The normalized spacial score (nSPS) is 11.4. The predicted molar refractivity (Wildman–Crippen MR) is 124 cm³/mol. The van der Waals surface area contributed by atoms with Gasteiger partial charge >= 0.3 is 0 Å². The van der Waals surface area contributed by atoms with Crippen LogP contribution in [0.15, 0.2) is 77.6 Å². The van der Waals surface area contributed by atoms with E-state index in [9.17, 15) is 4.79 Å².